The molecule has 0 radical (unpaired) electrons. The van der Waals surface area contributed by atoms with E-state index in [1.807, 2.05) is 24.0 Å². The number of rotatable bonds is 5. The first kappa shape index (κ1) is 12.7. The Morgan fingerprint density at radius 2 is 2.28 bits per heavy atom. The van der Waals surface area contributed by atoms with E-state index in [0.29, 0.717) is 18.2 Å². The molecule has 1 aliphatic rings. The Hall–Kier alpha value is -1.78. The minimum Gasteiger partial charge on any atom is -0.490 e. The number of pyridine rings is 1. The molecule has 1 fully saturated rings. The van der Waals surface area contributed by atoms with Gasteiger partial charge in [-0.05, 0) is 31.9 Å². The van der Waals surface area contributed by atoms with Crippen molar-refractivity contribution < 1.29 is 9.53 Å². The zero-order valence-electron chi connectivity index (χ0n) is 10.7. The van der Waals surface area contributed by atoms with Crippen LogP contribution in [0.25, 0.3) is 0 Å². The molecule has 1 amide bonds. The van der Waals surface area contributed by atoms with E-state index in [0.717, 1.165) is 25.9 Å². The van der Waals surface area contributed by atoms with E-state index in [1.165, 1.54) is 0 Å². The third kappa shape index (κ3) is 3.12. The van der Waals surface area contributed by atoms with Crippen molar-refractivity contribution >= 4 is 11.7 Å². The predicted octanol–water partition coefficient (Wildman–Crippen LogP) is 1.51. The van der Waals surface area contributed by atoms with Gasteiger partial charge in [0.25, 0.3) is 0 Å². The molecule has 18 heavy (non-hydrogen) atoms. The van der Waals surface area contributed by atoms with Crippen LogP contribution in [0.1, 0.15) is 19.8 Å². The Morgan fingerprint density at radius 3 is 3.00 bits per heavy atom. The van der Waals surface area contributed by atoms with E-state index < -0.39 is 0 Å². The van der Waals surface area contributed by atoms with Crippen LogP contribution in [0.3, 0.4) is 0 Å². The van der Waals surface area contributed by atoms with E-state index in [4.69, 9.17) is 4.74 Å². The lowest BCUT2D eigenvalue weighted by Crippen LogP contribution is -2.33. The third-order valence-corrected chi connectivity index (χ3v) is 2.94. The van der Waals surface area contributed by atoms with Gasteiger partial charge in [0.15, 0.2) is 11.6 Å². The fourth-order valence-corrected chi connectivity index (χ4v) is 2.03. The van der Waals surface area contributed by atoms with Crippen LogP contribution in [-0.4, -0.2) is 42.0 Å². The molecule has 0 aromatic carbocycles. The van der Waals surface area contributed by atoms with Gasteiger partial charge in [-0.15, -0.1) is 0 Å². The van der Waals surface area contributed by atoms with E-state index in [-0.39, 0.29) is 12.5 Å². The molecule has 5 heteroatoms. The molecule has 1 aromatic rings. The zero-order chi connectivity index (χ0) is 12.8. The minimum atomic E-state index is 0.126. The number of carbonyl (C=O) groups is 1. The van der Waals surface area contributed by atoms with Crippen molar-refractivity contribution in [3.05, 3.63) is 18.3 Å². The molecule has 1 aliphatic heterocycles. The first-order valence-corrected chi connectivity index (χ1v) is 6.40. The van der Waals surface area contributed by atoms with Crippen molar-refractivity contribution in [3.8, 4) is 5.75 Å². The van der Waals surface area contributed by atoms with Gasteiger partial charge >= 0.3 is 0 Å². The number of hydrogen-bond acceptors (Lipinski definition) is 4. The largest absolute Gasteiger partial charge is 0.490 e. The summed E-state index contributed by atoms with van der Waals surface area (Å²) in [6.45, 7) is 4.53. The number of anilines is 1. The Kier molecular flexibility index (Phi) is 4.39. The lowest BCUT2D eigenvalue weighted by molar-refractivity contribution is -0.128. The highest BCUT2D eigenvalue weighted by Crippen LogP contribution is 2.20. The lowest BCUT2D eigenvalue weighted by atomic mass is 10.4. The molecule has 98 valence electrons. The molecule has 5 nitrogen and oxygen atoms in total. The first-order chi connectivity index (χ1) is 8.81. The standard InChI is InChI=1S/C13H19N3O2/c1-2-18-11-6-5-7-14-13(11)15-10-12(17)16-8-3-4-9-16/h5-7H,2-4,8-10H2,1H3,(H,14,15). The van der Waals surface area contributed by atoms with Crippen LogP contribution in [0.5, 0.6) is 5.75 Å². The smallest absolute Gasteiger partial charge is 0.241 e. The Balaban J connectivity index is 1.90. The van der Waals surface area contributed by atoms with Gasteiger partial charge in [-0.3, -0.25) is 4.79 Å². The summed E-state index contributed by atoms with van der Waals surface area (Å²) >= 11 is 0. The van der Waals surface area contributed by atoms with Crippen molar-refractivity contribution in [2.24, 2.45) is 0 Å². The van der Waals surface area contributed by atoms with Gasteiger partial charge in [0, 0.05) is 19.3 Å². The van der Waals surface area contributed by atoms with Crippen LogP contribution in [0.2, 0.25) is 0 Å². The van der Waals surface area contributed by atoms with E-state index >= 15 is 0 Å². The molecule has 1 aromatic heterocycles. The van der Waals surface area contributed by atoms with E-state index in [2.05, 4.69) is 10.3 Å². The van der Waals surface area contributed by atoms with Crippen LogP contribution < -0.4 is 10.1 Å². The molecule has 1 N–H and O–H groups in total. The molecule has 1 saturated heterocycles. The monoisotopic (exact) mass is 249 g/mol. The predicted molar refractivity (Wildman–Crippen MR) is 69.7 cm³/mol. The van der Waals surface area contributed by atoms with Crippen LogP contribution in [-0.2, 0) is 4.79 Å². The van der Waals surface area contributed by atoms with Gasteiger partial charge in [-0.1, -0.05) is 0 Å². The third-order valence-electron chi connectivity index (χ3n) is 2.94. The normalized spacial score (nSPS) is 14.6. The summed E-state index contributed by atoms with van der Waals surface area (Å²) in [5.41, 5.74) is 0. The summed E-state index contributed by atoms with van der Waals surface area (Å²) < 4.78 is 5.44. The molecular weight excluding hydrogens is 230 g/mol. The number of amides is 1. The summed E-state index contributed by atoms with van der Waals surface area (Å²) in [5, 5.41) is 3.05. The second-order valence-corrected chi connectivity index (χ2v) is 4.22. The average molecular weight is 249 g/mol. The fraction of sp³-hybridized carbons (Fsp3) is 0.538. The van der Waals surface area contributed by atoms with Crippen LogP contribution >= 0.6 is 0 Å². The highest BCUT2D eigenvalue weighted by atomic mass is 16.5. The number of aromatic nitrogens is 1. The topological polar surface area (TPSA) is 54.5 Å². The Morgan fingerprint density at radius 1 is 1.50 bits per heavy atom. The Bertz CT molecular complexity index is 403. The SMILES string of the molecule is CCOc1cccnc1NCC(=O)N1CCCC1. The molecule has 0 aliphatic carbocycles. The highest BCUT2D eigenvalue weighted by Gasteiger charge is 2.17. The van der Waals surface area contributed by atoms with Gasteiger partial charge in [0.2, 0.25) is 5.91 Å². The van der Waals surface area contributed by atoms with Crippen molar-refractivity contribution in [3.63, 3.8) is 0 Å². The number of carbonyl (C=O) groups excluding carboxylic acids is 1. The van der Waals surface area contributed by atoms with Gasteiger partial charge in [-0.25, -0.2) is 4.98 Å². The number of nitrogens with one attached hydrogen (secondary N) is 1. The van der Waals surface area contributed by atoms with Gasteiger partial charge in [0.1, 0.15) is 0 Å². The van der Waals surface area contributed by atoms with Gasteiger partial charge in [-0.2, -0.15) is 0 Å². The van der Waals surface area contributed by atoms with Gasteiger partial charge in [0.05, 0.1) is 13.2 Å². The number of nitrogens with zero attached hydrogens (tertiary/aromatic N) is 2. The molecule has 0 spiro atoms. The van der Waals surface area contributed by atoms with Crippen LogP contribution in [0, 0.1) is 0 Å². The second-order valence-electron chi connectivity index (χ2n) is 4.22. The first-order valence-electron chi connectivity index (χ1n) is 6.40. The maximum atomic E-state index is 11.9. The zero-order valence-corrected chi connectivity index (χ0v) is 10.7. The lowest BCUT2D eigenvalue weighted by Gasteiger charge is -2.16. The number of likely N-dealkylation sites (tertiary alicyclic amines) is 1. The van der Waals surface area contributed by atoms with Crippen molar-refractivity contribution in [2.45, 2.75) is 19.8 Å². The number of ether oxygens (including phenoxy) is 1. The molecule has 0 bridgehead atoms. The molecule has 0 unspecified atom stereocenters. The summed E-state index contributed by atoms with van der Waals surface area (Å²) in [7, 11) is 0. The maximum Gasteiger partial charge on any atom is 0.241 e. The summed E-state index contributed by atoms with van der Waals surface area (Å²) in [4.78, 5) is 18.0. The summed E-state index contributed by atoms with van der Waals surface area (Å²) in [5.74, 6) is 1.45. The summed E-state index contributed by atoms with van der Waals surface area (Å²) in [6.07, 6.45) is 3.91. The summed E-state index contributed by atoms with van der Waals surface area (Å²) in [6, 6.07) is 3.66. The van der Waals surface area contributed by atoms with Crippen LogP contribution in [0.15, 0.2) is 18.3 Å². The fourth-order valence-electron chi connectivity index (χ4n) is 2.03. The van der Waals surface area contributed by atoms with Gasteiger partial charge < -0.3 is 15.0 Å². The number of hydrogen-bond donors (Lipinski definition) is 1. The molecule has 2 rings (SSSR count). The quantitative estimate of drug-likeness (QED) is 0.859. The molecule has 0 saturated carbocycles. The molecule has 0 atom stereocenters. The van der Waals surface area contributed by atoms with Crippen molar-refractivity contribution in [2.75, 3.05) is 31.6 Å². The van der Waals surface area contributed by atoms with Crippen LogP contribution in [0.4, 0.5) is 5.82 Å². The van der Waals surface area contributed by atoms with E-state index in [9.17, 15) is 4.79 Å². The average Bonchev–Trinajstić information content (AvgIpc) is 2.92. The Labute approximate surface area is 107 Å². The molecule has 2 heterocycles. The minimum absolute atomic E-state index is 0.126. The maximum absolute atomic E-state index is 11.9. The van der Waals surface area contributed by atoms with Crippen molar-refractivity contribution in [1.82, 2.24) is 9.88 Å². The highest BCUT2D eigenvalue weighted by molar-refractivity contribution is 5.81. The van der Waals surface area contributed by atoms with Crippen molar-refractivity contribution in [1.29, 1.82) is 0 Å². The van der Waals surface area contributed by atoms with E-state index in [1.54, 1.807) is 6.20 Å². The second kappa shape index (κ2) is 6.23. The molecular formula is C13H19N3O2.